The third kappa shape index (κ3) is 5.25. The Labute approximate surface area is 113 Å². The Bertz CT molecular complexity index is 231. The van der Waals surface area contributed by atoms with Crippen LogP contribution in [0, 0.1) is 0 Å². The van der Waals surface area contributed by atoms with E-state index in [9.17, 15) is 0 Å². The first-order valence-electron chi connectivity index (χ1n) is 7.38. The van der Waals surface area contributed by atoms with Crippen LogP contribution in [0.1, 0.15) is 53.9 Å². The molecule has 1 rings (SSSR count). The fourth-order valence-electron chi connectivity index (χ4n) is 3.22. The molecule has 0 aromatic carbocycles. The van der Waals surface area contributed by atoms with Gasteiger partial charge < -0.3 is 10.1 Å². The molecule has 0 aromatic rings. The molecule has 1 fully saturated rings. The Hall–Kier alpha value is -0.120. The normalized spacial score (nSPS) is 25.0. The summed E-state index contributed by atoms with van der Waals surface area (Å²) in [5.74, 6) is 0. The summed E-state index contributed by atoms with van der Waals surface area (Å²) < 4.78 is 6.11. The Morgan fingerprint density at radius 2 is 1.72 bits per heavy atom. The van der Waals surface area contributed by atoms with Crippen LogP contribution in [0.5, 0.6) is 0 Å². The van der Waals surface area contributed by atoms with Gasteiger partial charge in [0.2, 0.25) is 0 Å². The van der Waals surface area contributed by atoms with Crippen molar-refractivity contribution in [3.63, 3.8) is 0 Å². The number of hydrogen-bond donors (Lipinski definition) is 1. The Morgan fingerprint density at radius 1 is 1.17 bits per heavy atom. The molecule has 0 aromatic heterocycles. The molecule has 0 aliphatic carbocycles. The van der Waals surface area contributed by atoms with E-state index in [4.69, 9.17) is 4.74 Å². The van der Waals surface area contributed by atoms with Crippen LogP contribution in [0.3, 0.4) is 0 Å². The Balaban J connectivity index is 2.38. The smallest absolute Gasteiger partial charge is 0.0760 e. The summed E-state index contributed by atoms with van der Waals surface area (Å²) in [5.41, 5.74) is -0.0379. The molecule has 0 radical (unpaired) electrons. The van der Waals surface area contributed by atoms with Crippen LogP contribution in [0.4, 0.5) is 0 Å². The van der Waals surface area contributed by atoms with Gasteiger partial charge in [-0.15, -0.1) is 0 Å². The second-order valence-electron chi connectivity index (χ2n) is 6.87. The predicted molar refractivity (Wildman–Crippen MR) is 78.1 cm³/mol. The van der Waals surface area contributed by atoms with Gasteiger partial charge in [-0.3, -0.25) is 4.90 Å². The van der Waals surface area contributed by atoms with Crippen LogP contribution in [0.2, 0.25) is 0 Å². The molecular weight excluding hydrogens is 224 g/mol. The molecule has 0 saturated carbocycles. The number of morpholine rings is 1. The van der Waals surface area contributed by atoms with Gasteiger partial charge in [0.15, 0.2) is 0 Å². The van der Waals surface area contributed by atoms with Crippen LogP contribution < -0.4 is 5.32 Å². The summed E-state index contributed by atoms with van der Waals surface area (Å²) in [5, 5.41) is 3.38. The van der Waals surface area contributed by atoms with E-state index in [2.05, 4.69) is 51.9 Å². The van der Waals surface area contributed by atoms with Gasteiger partial charge >= 0.3 is 0 Å². The predicted octanol–water partition coefficient (Wildman–Crippen LogP) is 2.65. The zero-order chi connectivity index (χ0) is 13.8. The van der Waals surface area contributed by atoms with Crippen molar-refractivity contribution in [2.24, 2.45) is 0 Å². The minimum absolute atomic E-state index is 0.0189. The summed E-state index contributed by atoms with van der Waals surface area (Å²) in [7, 11) is 2.06. The molecule has 1 N–H and O–H groups in total. The zero-order valence-electron chi connectivity index (χ0n) is 13.2. The Morgan fingerprint density at radius 3 is 2.17 bits per heavy atom. The molecule has 1 aliphatic heterocycles. The highest BCUT2D eigenvalue weighted by Gasteiger charge is 2.37. The van der Waals surface area contributed by atoms with E-state index in [0.29, 0.717) is 6.04 Å². The molecule has 3 heteroatoms. The first-order chi connectivity index (χ1) is 8.28. The molecule has 1 aliphatic rings. The van der Waals surface area contributed by atoms with E-state index in [1.165, 1.54) is 25.8 Å². The lowest BCUT2D eigenvalue weighted by Crippen LogP contribution is -2.57. The van der Waals surface area contributed by atoms with Gasteiger partial charge in [-0.25, -0.2) is 0 Å². The van der Waals surface area contributed by atoms with Gasteiger partial charge in [-0.2, -0.15) is 0 Å². The number of hydrogen-bond acceptors (Lipinski definition) is 3. The highest BCUT2D eigenvalue weighted by atomic mass is 16.5. The summed E-state index contributed by atoms with van der Waals surface area (Å²) in [6.45, 7) is 14.3. The maximum Gasteiger partial charge on any atom is 0.0760 e. The van der Waals surface area contributed by atoms with Crippen molar-refractivity contribution < 1.29 is 4.74 Å². The monoisotopic (exact) mass is 256 g/mol. The lowest BCUT2D eigenvalue weighted by atomic mass is 9.98. The first kappa shape index (κ1) is 15.9. The van der Waals surface area contributed by atoms with E-state index in [1.54, 1.807) is 0 Å². The van der Waals surface area contributed by atoms with Crippen LogP contribution in [0.15, 0.2) is 0 Å². The fourth-order valence-corrected chi connectivity index (χ4v) is 3.22. The molecule has 0 spiro atoms. The first-order valence-corrected chi connectivity index (χ1v) is 7.38. The molecule has 0 bridgehead atoms. The molecule has 1 saturated heterocycles. The molecule has 108 valence electrons. The average molecular weight is 256 g/mol. The molecule has 0 amide bonds. The maximum atomic E-state index is 6.11. The van der Waals surface area contributed by atoms with Gasteiger partial charge in [0.05, 0.1) is 11.2 Å². The second-order valence-corrected chi connectivity index (χ2v) is 6.87. The molecule has 3 nitrogen and oxygen atoms in total. The van der Waals surface area contributed by atoms with E-state index in [1.807, 2.05) is 0 Å². The summed E-state index contributed by atoms with van der Waals surface area (Å²) in [6.07, 6.45) is 3.76. The van der Waals surface area contributed by atoms with Gasteiger partial charge in [-0.05, 0) is 60.5 Å². The van der Waals surface area contributed by atoms with E-state index < -0.39 is 0 Å². The highest BCUT2D eigenvalue weighted by Crippen LogP contribution is 2.28. The zero-order valence-corrected chi connectivity index (χ0v) is 13.2. The van der Waals surface area contributed by atoms with Crippen molar-refractivity contribution in [3.05, 3.63) is 0 Å². The van der Waals surface area contributed by atoms with Crippen molar-refractivity contribution in [3.8, 4) is 0 Å². The SMILES string of the molecule is CCC(CCCN1CC(C)(C)OC(C)(C)C1)NC. The average Bonchev–Trinajstić information content (AvgIpc) is 2.20. The summed E-state index contributed by atoms with van der Waals surface area (Å²) in [4.78, 5) is 2.56. The lowest BCUT2D eigenvalue weighted by Gasteiger charge is -2.47. The number of ether oxygens (including phenoxy) is 1. The van der Waals surface area contributed by atoms with Crippen molar-refractivity contribution in [1.82, 2.24) is 10.2 Å². The molecule has 1 heterocycles. The van der Waals surface area contributed by atoms with Gasteiger partial charge in [0.1, 0.15) is 0 Å². The van der Waals surface area contributed by atoms with E-state index in [0.717, 1.165) is 13.1 Å². The second kappa shape index (κ2) is 6.36. The van der Waals surface area contributed by atoms with Crippen LogP contribution in [0.25, 0.3) is 0 Å². The summed E-state index contributed by atoms with van der Waals surface area (Å²) >= 11 is 0. The quantitative estimate of drug-likeness (QED) is 0.791. The minimum atomic E-state index is -0.0189. The minimum Gasteiger partial charge on any atom is -0.367 e. The highest BCUT2D eigenvalue weighted by molar-refractivity contribution is 4.89. The number of rotatable bonds is 6. The van der Waals surface area contributed by atoms with Crippen molar-refractivity contribution in [2.75, 3.05) is 26.7 Å². The molecule has 1 unspecified atom stereocenters. The Kier molecular flexibility index (Phi) is 5.63. The van der Waals surface area contributed by atoms with Gasteiger partial charge in [-0.1, -0.05) is 6.92 Å². The topological polar surface area (TPSA) is 24.5 Å². The maximum absolute atomic E-state index is 6.11. The molecule has 18 heavy (non-hydrogen) atoms. The number of nitrogens with one attached hydrogen (secondary N) is 1. The van der Waals surface area contributed by atoms with Crippen LogP contribution >= 0.6 is 0 Å². The van der Waals surface area contributed by atoms with Crippen molar-refractivity contribution in [2.45, 2.75) is 71.1 Å². The van der Waals surface area contributed by atoms with Crippen molar-refractivity contribution >= 4 is 0 Å². The fraction of sp³-hybridized carbons (Fsp3) is 1.00. The summed E-state index contributed by atoms with van der Waals surface area (Å²) in [6, 6.07) is 0.673. The third-order valence-corrected chi connectivity index (χ3v) is 3.69. The van der Waals surface area contributed by atoms with Crippen LogP contribution in [-0.2, 0) is 4.74 Å². The molecule has 1 atom stereocenters. The van der Waals surface area contributed by atoms with E-state index in [-0.39, 0.29) is 11.2 Å². The number of nitrogens with zero attached hydrogens (tertiary/aromatic N) is 1. The third-order valence-electron chi connectivity index (χ3n) is 3.69. The van der Waals surface area contributed by atoms with Gasteiger partial charge in [0.25, 0.3) is 0 Å². The van der Waals surface area contributed by atoms with Crippen molar-refractivity contribution in [1.29, 1.82) is 0 Å². The van der Waals surface area contributed by atoms with E-state index >= 15 is 0 Å². The van der Waals surface area contributed by atoms with Crippen LogP contribution in [-0.4, -0.2) is 48.8 Å². The largest absolute Gasteiger partial charge is 0.367 e. The molecular formula is C15H32N2O. The van der Waals surface area contributed by atoms with Gasteiger partial charge in [0, 0.05) is 19.1 Å². The standard InChI is InChI=1S/C15H32N2O/c1-7-13(16-6)9-8-10-17-11-14(2,3)18-15(4,5)12-17/h13,16H,7-12H2,1-6H3. The lowest BCUT2D eigenvalue weighted by molar-refractivity contribution is -0.180.